The van der Waals surface area contributed by atoms with E-state index >= 15 is 0 Å². The van der Waals surface area contributed by atoms with Crippen molar-refractivity contribution in [2.24, 2.45) is 0 Å². The fourth-order valence-corrected chi connectivity index (χ4v) is 5.51. The number of thioether (sulfide) groups is 1. The molecule has 2 aromatic rings. The van der Waals surface area contributed by atoms with Crippen LogP contribution in [0.2, 0.25) is 0 Å². The second kappa shape index (κ2) is 8.59. The molecule has 2 aromatic carbocycles. The zero-order chi connectivity index (χ0) is 21.2. The van der Waals surface area contributed by atoms with E-state index in [1.165, 1.54) is 17.8 Å². The van der Waals surface area contributed by atoms with Crippen LogP contribution in [0.25, 0.3) is 0 Å². The second-order valence-corrected chi connectivity index (χ2v) is 10.5. The lowest BCUT2D eigenvalue weighted by molar-refractivity contribution is -0.116. The van der Waals surface area contributed by atoms with Gasteiger partial charge in [0.2, 0.25) is 11.8 Å². The van der Waals surface area contributed by atoms with Crippen LogP contribution in [0.4, 0.5) is 11.4 Å². The number of hydrogen-bond donors (Lipinski definition) is 2. The number of anilines is 2. The van der Waals surface area contributed by atoms with Gasteiger partial charge >= 0.3 is 0 Å². The third kappa shape index (κ3) is 5.00. The van der Waals surface area contributed by atoms with Gasteiger partial charge in [0.1, 0.15) is 0 Å². The highest BCUT2D eigenvalue weighted by atomic mass is 32.2. The molecule has 3 rings (SSSR count). The Hall–Kier alpha value is -2.32. The molecule has 154 valence electrons. The largest absolute Gasteiger partial charge is 0.326 e. The minimum atomic E-state index is -3.62. The van der Waals surface area contributed by atoms with Crippen molar-refractivity contribution in [3.05, 3.63) is 47.5 Å². The zero-order valence-electron chi connectivity index (χ0n) is 16.6. The van der Waals surface area contributed by atoms with Gasteiger partial charge in [-0.05, 0) is 50.1 Å². The van der Waals surface area contributed by atoms with E-state index in [0.29, 0.717) is 17.8 Å². The molecule has 1 aliphatic heterocycles. The molecule has 0 radical (unpaired) electrons. The van der Waals surface area contributed by atoms with E-state index in [1.54, 1.807) is 12.1 Å². The summed E-state index contributed by atoms with van der Waals surface area (Å²) in [4.78, 5) is 25.1. The number of amides is 2. The SMILES string of the molecule is CCC1Sc2cc(S(=O)(=O)CCC(=O)Nc3ccc(C)cc3C)ccc2NC1=O. The van der Waals surface area contributed by atoms with Gasteiger partial charge in [-0.3, -0.25) is 9.59 Å². The van der Waals surface area contributed by atoms with Gasteiger partial charge in [0.15, 0.2) is 9.84 Å². The van der Waals surface area contributed by atoms with Gasteiger partial charge in [-0.25, -0.2) is 8.42 Å². The van der Waals surface area contributed by atoms with Crippen molar-refractivity contribution in [3.63, 3.8) is 0 Å². The lowest BCUT2D eigenvalue weighted by Gasteiger charge is -2.23. The van der Waals surface area contributed by atoms with Crippen LogP contribution in [0, 0.1) is 13.8 Å². The van der Waals surface area contributed by atoms with Gasteiger partial charge in [0.05, 0.1) is 21.6 Å². The molecule has 0 aromatic heterocycles. The molecule has 6 nitrogen and oxygen atoms in total. The lowest BCUT2D eigenvalue weighted by atomic mass is 10.1. The van der Waals surface area contributed by atoms with Crippen molar-refractivity contribution in [3.8, 4) is 0 Å². The summed E-state index contributed by atoms with van der Waals surface area (Å²) in [5, 5.41) is 5.35. The topological polar surface area (TPSA) is 92.3 Å². The molecule has 1 aliphatic rings. The second-order valence-electron chi connectivity index (χ2n) is 7.10. The molecule has 0 bridgehead atoms. The van der Waals surface area contributed by atoms with Crippen LogP contribution in [-0.2, 0) is 19.4 Å². The van der Waals surface area contributed by atoms with Crippen LogP contribution in [0.3, 0.4) is 0 Å². The maximum atomic E-state index is 12.7. The molecule has 2 N–H and O–H groups in total. The Morgan fingerprint density at radius 1 is 1.17 bits per heavy atom. The van der Waals surface area contributed by atoms with Crippen LogP contribution in [0.1, 0.15) is 30.9 Å². The molecule has 0 aliphatic carbocycles. The quantitative estimate of drug-likeness (QED) is 0.722. The maximum absolute atomic E-state index is 12.7. The number of rotatable bonds is 6. The molecule has 0 fully saturated rings. The van der Waals surface area contributed by atoms with Crippen molar-refractivity contribution < 1.29 is 18.0 Å². The summed E-state index contributed by atoms with van der Waals surface area (Å²) in [5.41, 5.74) is 3.33. The maximum Gasteiger partial charge on any atom is 0.237 e. The minimum Gasteiger partial charge on any atom is -0.326 e. The Morgan fingerprint density at radius 2 is 1.93 bits per heavy atom. The highest BCUT2D eigenvalue weighted by Crippen LogP contribution is 2.38. The van der Waals surface area contributed by atoms with Crippen molar-refractivity contribution >= 4 is 44.8 Å². The standard InChI is InChI=1S/C21H24N2O4S2/c1-4-18-21(25)23-17-8-6-15(12-19(17)28-18)29(26,27)10-9-20(24)22-16-7-5-13(2)11-14(16)3/h5-8,11-12,18H,4,9-10H2,1-3H3,(H,22,24)(H,23,25). The monoisotopic (exact) mass is 432 g/mol. The van der Waals surface area contributed by atoms with Crippen LogP contribution in [-0.4, -0.2) is 31.2 Å². The Balaban J connectivity index is 1.68. The van der Waals surface area contributed by atoms with Crippen molar-refractivity contribution in [2.45, 2.75) is 48.7 Å². The molecular weight excluding hydrogens is 408 g/mol. The van der Waals surface area contributed by atoms with Crippen molar-refractivity contribution in [1.29, 1.82) is 0 Å². The molecule has 8 heteroatoms. The molecule has 1 atom stereocenters. The predicted octanol–water partition coefficient (Wildman–Crippen LogP) is 3.93. The van der Waals surface area contributed by atoms with Gasteiger partial charge in [-0.2, -0.15) is 0 Å². The fourth-order valence-electron chi connectivity index (χ4n) is 3.10. The number of carbonyl (C=O) groups is 2. The summed E-state index contributed by atoms with van der Waals surface area (Å²) in [6, 6.07) is 10.3. The summed E-state index contributed by atoms with van der Waals surface area (Å²) in [5.74, 6) is -0.689. The van der Waals surface area contributed by atoms with E-state index < -0.39 is 9.84 Å². The molecule has 0 spiro atoms. The summed E-state index contributed by atoms with van der Waals surface area (Å²) >= 11 is 1.37. The molecule has 2 amide bonds. The molecule has 1 unspecified atom stereocenters. The van der Waals surface area contributed by atoms with Gasteiger partial charge in [-0.1, -0.05) is 24.6 Å². The third-order valence-electron chi connectivity index (χ3n) is 4.76. The van der Waals surface area contributed by atoms with Gasteiger partial charge in [0, 0.05) is 17.0 Å². The number of sulfone groups is 1. The summed E-state index contributed by atoms with van der Waals surface area (Å²) in [6.45, 7) is 5.78. The minimum absolute atomic E-state index is 0.0660. The molecule has 29 heavy (non-hydrogen) atoms. The summed E-state index contributed by atoms with van der Waals surface area (Å²) in [7, 11) is -3.62. The first-order valence-electron chi connectivity index (χ1n) is 9.41. The number of carbonyl (C=O) groups excluding carboxylic acids is 2. The van der Waals surface area contributed by atoms with E-state index in [2.05, 4.69) is 10.6 Å². The first-order valence-corrected chi connectivity index (χ1v) is 11.9. The number of aryl methyl sites for hydroxylation is 2. The average molecular weight is 433 g/mol. The van der Waals surface area contributed by atoms with Crippen molar-refractivity contribution in [2.75, 3.05) is 16.4 Å². The molecule has 0 saturated carbocycles. The van der Waals surface area contributed by atoms with E-state index in [4.69, 9.17) is 0 Å². The summed E-state index contributed by atoms with van der Waals surface area (Å²) in [6.07, 6.45) is 0.527. The smallest absolute Gasteiger partial charge is 0.237 e. The highest BCUT2D eigenvalue weighted by molar-refractivity contribution is 8.01. The Morgan fingerprint density at radius 3 is 2.62 bits per heavy atom. The Labute approximate surface area is 175 Å². The Kier molecular flexibility index (Phi) is 6.33. The number of benzene rings is 2. The molecular formula is C21H24N2O4S2. The normalized spacial score (nSPS) is 16.1. The Bertz CT molecular complexity index is 1060. The van der Waals surface area contributed by atoms with Crippen LogP contribution >= 0.6 is 11.8 Å². The van der Waals surface area contributed by atoms with Gasteiger partial charge in [-0.15, -0.1) is 11.8 Å². The first kappa shape index (κ1) is 21.4. The zero-order valence-corrected chi connectivity index (χ0v) is 18.2. The van der Waals surface area contributed by atoms with Gasteiger partial charge < -0.3 is 10.6 Å². The molecule has 0 saturated heterocycles. The van der Waals surface area contributed by atoms with Crippen molar-refractivity contribution in [1.82, 2.24) is 0 Å². The van der Waals surface area contributed by atoms with Crippen LogP contribution in [0.15, 0.2) is 46.2 Å². The van der Waals surface area contributed by atoms with Crippen LogP contribution in [0.5, 0.6) is 0 Å². The van der Waals surface area contributed by atoms with Crippen LogP contribution < -0.4 is 10.6 Å². The van der Waals surface area contributed by atoms with E-state index in [0.717, 1.165) is 16.0 Å². The van der Waals surface area contributed by atoms with E-state index in [-0.39, 0.29) is 34.1 Å². The first-order chi connectivity index (χ1) is 13.7. The fraction of sp³-hybridized carbons (Fsp3) is 0.333. The van der Waals surface area contributed by atoms with Gasteiger partial charge in [0.25, 0.3) is 0 Å². The van der Waals surface area contributed by atoms with E-state index in [9.17, 15) is 18.0 Å². The number of nitrogens with one attached hydrogen (secondary N) is 2. The predicted molar refractivity (Wildman–Crippen MR) is 116 cm³/mol. The number of hydrogen-bond acceptors (Lipinski definition) is 5. The lowest BCUT2D eigenvalue weighted by Crippen LogP contribution is -2.28. The average Bonchev–Trinajstić information content (AvgIpc) is 2.67. The summed E-state index contributed by atoms with van der Waals surface area (Å²) < 4.78 is 25.5. The van der Waals surface area contributed by atoms with E-state index in [1.807, 2.05) is 39.0 Å². The third-order valence-corrected chi connectivity index (χ3v) is 7.89. The number of fused-ring (bicyclic) bond motifs is 1. The molecule has 1 heterocycles. The highest BCUT2D eigenvalue weighted by Gasteiger charge is 2.27.